The molecule has 0 aromatic heterocycles. The Balaban J connectivity index is 3.39. The smallest absolute Gasteiger partial charge is 0.110 e. The van der Waals surface area contributed by atoms with Crippen molar-refractivity contribution in [3.05, 3.63) is 0 Å². The maximum atomic E-state index is 3.24. The first-order chi connectivity index (χ1) is 4.35. The van der Waals surface area contributed by atoms with Crippen molar-refractivity contribution < 1.29 is 0 Å². The summed E-state index contributed by atoms with van der Waals surface area (Å²) in [6.07, 6.45) is 2.66. The summed E-state index contributed by atoms with van der Waals surface area (Å²) in [6.45, 7) is 6.46. The minimum absolute atomic E-state index is 0.0359. The van der Waals surface area contributed by atoms with E-state index in [-0.39, 0.29) is 9.52 Å². The summed E-state index contributed by atoms with van der Waals surface area (Å²) in [4.78, 5) is 0. The molecule has 0 radical (unpaired) electrons. The summed E-state index contributed by atoms with van der Waals surface area (Å²) in [5.74, 6) is 2.98. The molecular weight excluding hydrogens is 124 g/mol. The molecule has 0 heterocycles. The van der Waals surface area contributed by atoms with Crippen molar-refractivity contribution in [1.29, 1.82) is 0 Å². The molecule has 0 aromatic rings. The molecule has 0 saturated heterocycles. The van der Waals surface area contributed by atoms with E-state index in [4.69, 9.17) is 0 Å². The van der Waals surface area contributed by atoms with E-state index in [0.29, 0.717) is 0 Å². The van der Waals surface area contributed by atoms with Gasteiger partial charge in [-0.1, -0.05) is 26.7 Å². The second kappa shape index (κ2) is 5.91. The second-order valence-electron chi connectivity index (χ2n) is 2.31. The van der Waals surface area contributed by atoms with Crippen LogP contribution in [-0.4, -0.2) is 9.52 Å². The van der Waals surface area contributed by atoms with Crippen molar-refractivity contribution in [2.45, 2.75) is 39.2 Å². The van der Waals surface area contributed by atoms with E-state index in [1.54, 1.807) is 0 Å². The van der Waals surface area contributed by atoms with Crippen LogP contribution in [0.1, 0.15) is 33.6 Å². The summed E-state index contributed by atoms with van der Waals surface area (Å²) >= 11 is 0. The maximum Gasteiger partial charge on any atom is 0.110 e. The standard InChI is InChI=1S/C8H16Si/c1-4-7-9-8(5-2)6-3/h8H,5-6,9H2,1-3H3. The Labute approximate surface area is 60.9 Å². The molecule has 0 aliphatic heterocycles. The molecular formula is C8H16Si. The van der Waals surface area contributed by atoms with Gasteiger partial charge in [0.05, 0.1) is 0 Å². The molecule has 52 valence electrons. The van der Waals surface area contributed by atoms with Crippen LogP contribution in [0.5, 0.6) is 0 Å². The van der Waals surface area contributed by atoms with Gasteiger partial charge in [0, 0.05) is 0 Å². The topological polar surface area (TPSA) is 0 Å². The highest BCUT2D eigenvalue weighted by molar-refractivity contribution is 6.47. The van der Waals surface area contributed by atoms with Crippen LogP contribution < -0.4 is 0 Å². The summed E-state index contributed by atoms with van der Waals surface area (Å²) in [6, 6.07) is 0. The lowest BCUT2D eigenvalue weighted by molar-refractivity contribution is 0.764. The Bertz CT molecular complexity index is 103. The van der Waals surface area contributed by atoms with Crippen LogP contribution in [0.15, 0.2) is 0 Å². The van der Waals surface area contributed by atoms with Crippen molar-refractivity contribution in [2.75, 3.05) is 0 Å². The van der Waals surface area contributed by atoms with Crippen molar-refractivity contribution in [3.63, 3.8) is 0 Å². The molecule has 0 fully saturated rings. The summed E-state index contributed by atoms with van der Waals surface area (Å²) in [5, 5.41) is 0. The minimum Gasteiger partial charge on any atom is -0.140 e. The third-order valence-electron chi connectivity index (χ3n) is 1.72. The molecule has 0 amide bonds. The molecule has 0 rings (SSSR count). The Morgan fingerprint density at radius 3 is 2.22 bits per heavy atom. The lowest BCUT2D eigenvalue weighted by atomic mass is 10.3. The van der Waals surface area contributed by atoms with Gasteiger partial charge in [-0.2, -0.15) is 0 Å². The first-order valence-corrected chi connectivity index (χ1v) is 5.27. The number of hydrogen-bond acceptors (Lipinski definition) is 0. The Hall–Kier alpha value is -0.223. The normalized spacial score (nSPS) is 10.2. The number of rotatable bonds is 3. The average molecular weight is 140 g/mol. The zero-order chi connectivity index (χ0) is 7.11. The van der Waals surface area contributed by atoms with Gasteiger partial charge in [0.2, 0.25) is 0 Å². The first-order valence-electron chi connectivity index (χ1n) is 3.74. The highest BCUT2D eigenvalue weighted by Gasteiger charge is 1.99. The van der Waals surface area contributed by atoms with Crippen molar-refractivity contribution in [1.82, 2.24) is 0 Å². The monoisotopic (exact) mass is 140 g/mol. The molecule has 0 N–H and O–H groups in total. The van der Waals surface area contributed by atoms with Crippen molar-refractivity contribution >= 4 is 9.52 Å². The van der Waals surface area contributed by atoms with Gasteiger partial charge in [0.15, 0.2) is 0 Å². The summed E-state index contributed by atoms with van der Waals surface area (Å²) in [7, 11) is -0.0359. The van der Waals surface area contributed by atoms with E-state index in [9.17, 15) is 0 Å². The van der Waals surface area contributed by atoms with Crippen LogP contribution in [-0.2, 0) is 0 Å². The van der Waals surface area contributed by atoms with Gasteiger partial charge in [-0.3, -0.25) is 0 Å². The third-order valence-corrected chi connectivity index (χ3v) is 4.01. The third kappa shape index (κ3) is 4.29. The fraction of sp³-hybridized carbons (Fsp3) is 0.750. The molecule has 0 aliphatic rings. The van der Waals surface area contributed by atoms with Crippen LogP contribution in [0.3, 0.4) is 0 Å². The molecule has 0 saturated carbocycles. The van der Waals surface area contributed by atoms with E-state index in [2.05, 4.69) is 25.3 Å². The average Bonchev–Trinajstić information content (AvgIpc) is 1.91. The minimum atomic E-state index is -0.0359. The van der Waals surface area contributed by atoms with Gasteiger partial charge in [-0.25, -0.2) is 0 Å². The van der Waals surface area contributed by atoms with Gasteiger partial charge in [0.1, 0.15) is 9.52 Å². The zero-order valence-corrected chi connectivity index (χ0v) is 8.11. The maximum absolute atomic E-state index is 3.24. The molecule has 9 heavy (non-hydrogen) atoms. The van der Waals surface area contributed by atoms with Crippen LogP contribution in [0.25, 0.3) is 0 Å². The SMILES string of the molecule is CC#C[SiH2]C(CC)CC. The molecule has 0 spiro atoms. The van der Waals surface area contributed by atoms with E-state index in [1.165, 1.54) is 12.8 Å². The molecule has 0 nitrogen and oxygen atoms in total. The fourth-order valence-electron chi connectivity index (χ4n) is 0.824. The highest BCUT2D eigenvalue weighted by Crippen LogP contribution is 2.11. The molecule has 0 aromatic carbocycles. The highest BCUT2D eigenvalue weighted by atomic mass is 28.2. The predicted octanol–water partition coefficient (Wildman–Crippen LogP) is 1.74. The lowest BCUT2D eigenvalue weighted by Gasteiger charge is -2.04. The Morgan fingerprint density at radius 1 is 1.33 bits per heavy atom. The van der Waals surface area contributed by atoms with E-state index in [1.807, 2.05) is 6.92 Å². The fourth-order valence-corrected chi connectivity index (χ4v) is 1.89. The molecule has 0 aliphatic carbocycles. The molecule has 0 bridgehead atoms. The van der Waals surface area contributed by atoms with Gasteiger partial charge in [-0.15, -0.1) is 11.5 Å². The van der Waals surface area contributed by atoms with Crippen LogP contribution in [0.4, 0.5) is 0 Å². The molecule has 0 atom stereocenters. The Kier molecular flexibility index (Phi) is 5.76. The van der Waals surface area contributed by atoms with Crippen LogP contribution in [0.2, 0.25) is 5.54 Å². The largest absolute Gasteiger partial charge is 0.140 e. The quantitative estimate of drug-likeness (QED) is 0.414. The van der Waals surface area contributed by atoms with E-state index in [0.717, 1.165) is 5.54 Å². The van der Waals surface area contributed by atoms with Gasteiger partial charge in [-0.05, 0) is 12.5 Å². The second-order valence-corrected chi connectivity index (χ2v) is 4.23. The zero-order valence-electron chi connectivity index (χ0n) is 6.70. The summed E-state index contributed by atoms with van der Waals surface area (Å²) < 4.78 is 0. The van der Waals surface area contributed by atoms with Crippen LogP contribution >= 0.6 is 0 Å². The van der Waals surface area contributed by atoms with Crippen LogP contribution in [0, 0.1) is 11.5 Å². The van der Waals surface area contributed by atoms with Gasteiger partial charge >= 0.3 is 0 Å². The Morgan fingerprint density at radius 2 is 1.89 bits per heavy atom. The lowest BCUT2D eigenvalue weighted by Crippen LogP contribution is -1.97. The summed E-state index contributed by atoms with van der Waals surface area (Å²) in [5.41, 5.74) is 4.21. The van der Waals surface area contributed by atoms with E-state index < -0.39 is 0 Å². The molecule has 0 unspecified atom stereocenters. The van der Waals surface area contributed by atoms with Crippen molar-refractivity contribution in [3.8, 4) is 11.5 Å². The molecule has 1 heteroatoms. The van der Waals surface area contributed by atoms with Gasteiger partial charge < -0.3 is 0 Å². The first kappa shape index (κ1) is 8.78. The predicted molar refractivity (Wildman–Crippen MR) is 46.3 cm³/mol. The number of hydrogen-bond donors (Lipinski definition) is 0. The van der Waals surface area contributed by atoms with Gasteiger partial charge in [0.25, 0.3) is 0 Å². The van der Waals surface area contributed by atoms with Crippen molar-refractivity contribution in [2.24, 2.45) is 0 Å². The van der Waals surface area contributed by atoms with E-state index >= 15 is 0 Å².